The lowest BCUT2D eigenvalue weighted by atomic mass is 10.1. The Bertz CT molecular complexity index is 1080. The molecule has 3 amide bonds. The number of nitrogens with two attached hydrogens (primary N) is 1. The van der Waals surface area contributed by atoms with Gasteiger partial charge in [0.1, 0.15) is 24.9 Å². The number of primary amides is 1. The van der Waals surface area contributed by atoms with Crippen LogP contribution < -0.4 is 21.1 Å². The van der Waals surface area contributed by atoms with E-state index in [1.54, 1.807) is 10.8 Å². The molecule has 0 aliphatic heterocycles. The van der Waals surface area contributed by atoms with Crippen LogP contribution in [-0.2, 0) is 22.7 Å². The maximum atomic E-state index is 12.5. The molecular formula is C23H26N4O5. The number of hydrogen-bond donors (Lipinski definition) is 4. The fourth-order valence-corrected chi connectivity index (χ4v) is 3.30. The number of ether oxygens (including phenoxy) is 1. The molecule has 0 spiro atoms. The van der Waals surface area contributed by atoms with Crippen LogP contribution in [0, 0.1) is 0 Å². The van der Waals surface area contributed by atoms with E-state index in [9.17, 15) is 19.5 Å². The molecule has 0 aliphatic rings. The van der Waals surface area contributed by atoms with Gasteiger partial charge in [0.15, 0.2) is 0 Å². The van der Waals surface area contributed by atoms with Crippen LogP contribution in [-0.4, -0.2) is 40.2 Å². The van der Waals surface area contributed by atoms with E-state index in [1.807, 2.05) is 54.6 Å². The van der Waals surface area contributed by atoms with E-state index in [0.29, 0.717) is 18.8 Å². The van der Waals surface area contributed by atoms with E-state index in [2.05, 4.69) is 10.6 Å². The number of urea groups is 1. The van der Waals surface area contributed by atoms with Gasteiger partial charge in [-0.2, -0.15) is 0 Å². The van der Waals surface area contributed by atoms with Gasteiger partial charge in [0.2, 0.25) is 5.91 Å². The molecule has 0 saturated carbocycles. The lowest BCUT2D eigenvalue weighted by Gasteiger charge is -2.15. The van der Waals surface area contributed by atoms with E-state index in [0.717, 1.165) is 16.5 Å². The molecule has 3 aromatic rings. The maximum absolute atomic E-state index is 12.5. The Morgan fingerprint density at radius 3 is 2.59 bits per heavy atom. The van der Waals surface area contributed by atoms with Crippen LogP contribution in [0.3, 0.4) is 0 Å². The molecule has 1 heterocycles. The van der Waals surface area contributed by atoms with E-state index in [-0.39, 0.29) is 19.5 Å². The van der Waals surface area contributed by atoms with Crippen molar-refractivity contribution in [3.63, 3.8) is 0 Å². The molecule has 9 heteroatoms. The van der Waals surface area contributed by atoms with Crippen LogP contribution in [0.5, 0.6) is 5.75 Å². The highest BCUT2D eigenvalue weighted by atomic mass is 16.5. The Balaban J connectivity index is 1.60. The van der Waals surface area contributed by atoms with Gasteiger partial charge in [0.25, 0.3) is 0 Å². The van der Waals surface area contributed by atoms with Crippen LogP contribution >= 0.6 is 0 Å². The second-order valence-electron chi connectivity index (χ2n) is 7.33. The highest BCUT2D eigenvalue weighted by molar-refractivity contribution is 5.86. The number of carboxylic acid groups (broad SMARTS) is 1. The number of rotatable bonds is 11. The fraction of sp³-hybridized carbons (Fsp3) is 0.261. The summed E-state index contributed by atoms with van der Waals surface area (Å²) in [5.41, 5.74) is 6.84. The molecule has 0 unspecified atom stereocenters. The van der Waals surface area contributed by atoms with Crippen molar-refractivity contribution in [2.75, 3.05) is 6.54 Å². The van der Waals surface area contributed by atoms with E-state index < -0.39 is 23.9 Å². The number of benzene rings is 2. The zero-order chi connectivity index (χ0) is 22.9. The van der Waals surface area contributed by atoms with E-state index in [4.69, 9.17) is 10.5 Å². The number of carbonyl (C=O) groups excluding carboxylic acids is 2. The first-order valence-electron chi connectivity index (χ1n) is 10.2. The van der Waals surface area contributed by atoms with Crippen molar-refractivity contribution in [1.29, 1.82) is 0 Å². The molecule has 5 N–H and O–H groups in total. The Morgan fingerprint density at radius 1 is 1.09 bits per heavy atom. The number of amides is 3. The van der Waals surface area contributed by atoms with Crippen molar-refractivity contribution in [2.45, 2.75) is 32.0 Å². The number of fused-ring (bicyclic) bond motifs is 1. The number of carbonyl (C=O) groups is 3. The van der Waals surface area contributed by atoms with Crippen molar-refractivity contribution < 1.29 is 24.2 Å². The average molecular weight is 438 g/mol. The molecule has 32 heavy (non-hydrogen) atoms. The minimum atomic E-state index is -1.13. The van der Waals surface area contributed by atoms with Gasteiger partial charge >= 0.3 is 12.0 Å². The molecule has 2 aromatic carbocycles. The Kier molecular flexibility index (Phi) is 7.69. The maximum Gasteiger partial charge on any atom is 0.326 e. The summed E-state index contributed by atoms with van der Waals surface area (Å²) in [4.78, 5) is 34.6. The Labute approximate surface area is 185 Å². The molecule has 1 aromatic heterocycles. The second kappa shape index (κ2) is 10.9. The normalized spacial score (nSPS) is 11.6. The zero-order valence-electron chi connectivity index (χ0n) is 17.5. The van der Waals surface area contributed by atoms with Crippen LogP contribution in [0.25, 0.3) is 10.9 Å². The zero-order valence-corrected chi connectivity index (χ0v) is 17.5. The third-order valence-corrected chi connectivity index (χ3v) is 4.91. The summed E-state index contributed by atoms with van der Waals surface area (Å²) in [5.74, 6) is -0.883. The monoisotopic (exact) mass is 438 g/mol. The van der Waals surface area contributed by atoms with Gasteiger partial charge < -0.3 is 30.8 Å². The minimum Gasteiger partial charge on any atom is -0.489 e. The van der Waals surface area contributed by atoms with Gasteiger partial charge in [-0.05, 0) is 42.0 Å². The molecule has 0 aliphatic carbocycles. The number of carboxylic acids is 1. The van der Waals surface area contributed by atoms with Crippen LogP contribution in [0.1, 0.15) is 18.4 Å². The highest BCUT2D eigenvalue weighted by Crippen LogP contribution is 2.23. The second-order valence-corrected chi connectivity index (χ2v) is 7.33. The minimum absolute atomic E-state index is 0.0328. The largest absolute Gasteiger partial charge is 0.489 e. The van der Waals surface area contributed by atoms with E-state index in [1.165, 1.54) is 0 Å². The molecule has 9 nitrogen and oxygen atoms in total. The van der Waals surface area contributed by atoms with Gasteiger partial charge in [-0.1, -0.05) is 30.3 Å². The third kappa shape index (κ3) is 6.49. The first-order chi connectivity index (χ1) is 15.4. The van der Waals surface area contributed by atoms with Crippen LogP contribution in [0.2, 0.25) is 0 Å². The number of hydrogen-bond acceptors (Lipinski definition) is 4. The van der Waals surface area contributed by atoms with Gasteiger partial charge in [0, 0.05) is 18.8 Å². The van der Waals surface area contributed by atoms with Crippen molar-refractivity contribution in [2.24, 2.45) is 5.73 Å². The third-order valence-electron chi connectivity index (χ3n) is 4.91. The van der Waals surface area contributed by atoms with E-state index >= 15 is 0 Å². The molecule has 3 rings (SSSR count). The standard InChI is InChI=1S/C23H26N4O5/c24-23(31)25-11-4-7-19(22(29)30)26-21(28)14-27-12-10-17-8-9-18(13-20(17)27)32-15-16-5-2-1-3-6-16/h1-3,5-6,8-10,12-13,19H,4,7,11,14-15H2,(H,26,28)(H,29,30)(H3,24,25,31)/t19-/m1/s1. The predicted octanol–water partition coefficient (Wildman–Crippen LogP) is 2.24. The lowest BCUT2D eigenvalue weighted by molar-refractivity contribution is -0.142. The number of aliphatic carboxylic acids is 1. The summed E-state index contributed by atoms with van der Waals surface area (Å²) >= 11 is 0. The molecule has 1 atom stereocenters. The number of nitrogens with zero attached hydrogens (tertiary/aromatic N) is 1. The summed E-state index contributed by atoms with van der Waals surface area (Å²) in [5, 5.41) is 15.2. The molecular weight excluding hydrogens is 412 g/mol. The van der Waals surface area contributed by atoms with Crippen molar-refractivity contribution in [1.82, 2.24) is 15.2 Å². The van der Waals surface area contributed by atoms with Gasteiger partial charge in [-0.25, -0.2) is 9.59 Å². The number of nitrogens with one attached hydrogen (secondary N) is 2. The van der Waals surface area contributed by atoms with Crippen molar-refractivity contribution in [3.8, 4) is 5.75 Å². The van der Waals surface area contributed by atoms with Gasteiger partial charge in [0.05, 0.1) is 5.52 Å². The van der Waals surface area contributed by atoms with Crippen molar-refractivity contribution >= 4 is 28.8 Å². The van der Waals surface area contributed by atoms with Crippen LogP contribution in [0.4, 0.5) is 4.79 Å². The molecule has 0 saturated heterocycles. The summed E-state index contributed by atoms with van der Waals surface area (Å²) < 4.78 is 7.61. The summed E-state index contributed by atoms with van der Waals surface area (Å²) in [6, 6.07) is 15.6. The number of aromatic nitrogens is 1. The summed E-state index contributed by atoms with van der Waals surface area (Å²) in [6.45, 7) is 0.635. The molecule has 168 valence electrons. The predicted molar refractivity (Wildman–Crippen MR) is 119 cm³/mol. The average Bonchev–Trinajstić information content (AvgIpc) is 3.16. The smallest absolute Gasteiger partial charge is 0.326 e. The summed E-state index contributed by atoms with van der Waals surface area (Å²) in [7, 11) is 0. The first-order valence-corrected chi connectivity index (χ1v) is 10.2. The molecule has 0 radical (unpaired) electrons. The molecule has 0 bridgehead atoms. The lowest BCUT2D eigenvalue weighted by Crippen LogP contribution is -2.42. The Morgan fingerprint density at radius 2 is 1.88 bits per heavy atom. The highest BCUT2D eigenvalue weighted by Gasteiger charge is 2.20. The van der Waals surface area contributed by atoms with Gasteiger partial charge in [-0.15, -0.1) is 0 Å². The first kappa shape index (κ1) is 22.7. The molecule has 0 fully saturated rings. The SMILES string of the molecule is NC(=O)NCCC[C@@H](NC(=O)Cn1ccc2ccc(OCc3ccccc3)cc21)C(=O)O. The van der Waals surface area contributed by atoms with Crippen molar-refractivity contribution in [3.05, 3.63) is 66.4 Å². The quantitative estimate of drug-likeness (QED) is 0.341. The summed E-state index contributed by atoms with van der Waals surface area (Å²) in [6.07, 6.45) is 2.32. The van der Waals surface area contributed by atoms with Crippen LogP contribution in [0.15, 0.2) is 60.8 Å². The topological polar surface area (TPSA) is 136 Å². The van der Waals surface area contributed by atoms with Gasteiger partial charge in [-0.3, -0.25) is 4.79 Å². The fourth-order valence-electron chi connectivity index (χ4n) is 3.30. The Hall–Kier alpha value is -4.01.